The maximum atomic E-state index is 10.3. The van der Waals surface area contributed by atoms with Gasteiger partial charge in [0, 0.05) is 12.1 Å². The molecule has 0 bridgehead atoms. The second-order valence-corrected chi connectivity index (χ2v) is 2.59. The van der Waals surface area contributed by atoms with Gasteiger partial charge in [-0.05, 0) is 30.0 Å². The van der Waals surface area contributed by atoms with Crippen molar-refractivity contribution in [1.29, 1.82) is 0 Å². The van der Waals surface area contributed by atoms with Crippen LogP contribution in [0.5, 0.6) is 0 Å². The number of benzene rings is 1. The molecule has 4 heteroatoms. The Morgan fingerprint density at radius 3 is 2.36 bits per heavy atom. The molecule has 1 rings (SSSR count). The van der Waals surface area contributed by atoms with Gasteiger partial charge in [0.2, 0.25) is 0 Å². The first kappa shape index (κ1) is 9.98. The zero-order valence-corrected chi connectivity index (χ0v) is 7.46. The fraction of sp³-hybridized carbons (Fsp3) is 0. The number of hydrogen-bond acceptors (Lipinski definition) is 3. The Kier molecular flexibility index (Phi) is 3.43. The summed E-state index contributed by atoms with van der Waals surface area (Å²) in [6.07, 6.45) is 6.68. The Labute approximate surface area is 81.5 Å². The highest BCUT2D eigenvalue weighted by atomic mass is 16.6. The van der Waals surface area contributed by atoms with Gasteiger partial charge in [-0.25, -0.2) is 0 Å². The molecule has 0 heterocycles. The minimum Gasteiger partial charge on any atom is -0.405 e. The molecule has 0 aliphatic carbocycles. The number of nitrogens with zero attached hydrogens (tertiary/aromatic N) is 1. The van der Waals surface area contributed by atoms with Gasteiger partial charge in [0.05, 0.1) is 4.92 Å². The molecule has 0 amide bonds. The summed E-state index contributed by atoms with van der Waals surface area (Å²) in [5.41, 5.74) is 6.13. The average molecular weight is 190 g/mol. The van der Waals surface area contributed by atoms with Crippen LogP contribution in [0, 0.1) is 10.1 Å². The van der Waals surface area contributed by atoms with Crippen molar-refractivity contribution in [2.45, 2.75) is 0 Å². The largest absolute Gasteiger partial charge is 0.405 e. The Balaban J connectivity index is 2.78. The zero-order chi connectivity index (χ0) is 10.4. The standard InChI is InChI=1S/C10H10N2O2/c11-8-2-1-3-9-4-6-10(7-5-9)12(13)14/h1-8H,11H2/b3-1+,8-2+. The fourth-order valence-corrected chi connectivity index (χ4v) is 0.938. The van der Waals surface area contributed by atoms with E-state index in [4.69, 9.17) is 5.73 Å². The molecular formula is C10H10N2O2. The second kappa shape index (κ2) is 4.81. The lowest BCUT2D eigenvalue weighted by molar-refractivity contribution is -0.384. The molecule has 0 saturated carbocycles. The van der Waals surface area contributed by atoms with Crippen LogP contribution in [0.25, 0.3) is 6.08 Å². The Morgan fingerprint density at radius 1 is 1.21 bits per heavy atom. The number of rotatable bonds is 3. The number of non-ortho nitro benzene ring substituents is 1. The predicted octanol–water partition coefficient (Wildman–Crippen LogP) is 2.08. The minimum atomic E-state index is -0.423. The summed E-state index contributed by atoms with van der Waals surface area (Å²) in [6, 6.07) is 6.29. The van der Waals surface area contributed by atoms with Crippen molar-refractivity contribution in [3.8, 4) is 0 Å². The minimum absolute atomic E-state index is 0.0940. The highest BCUT2D eigenvalue weighted by Crippen LogP contribution is 2.12. The molecule has 0 radical (unpaired) electrons. The van der Waals surface area contributed by atoms with Crippen LogP contribution >= 0.6 is 0 Å². The Hall–Kier alpha value is -2.10. The van der Waals surface area contributed by atoms with Crippen molar-refractivity contribution in [2.24, 2.45) is 5.73 Å². The molecule has 0 aliphatic rings. The summed E-state index contributed by atoms with van der Waals surface area (Å²) in [5, 5.41) is 10.3. The molecule has 2 N–H and O–H groups in total. The van der Waals surface area contributed by atoms with Crippen LogP contribution in [0.2, 0.25) is 0 Å². The van der Waals surface area contributed by atoms with Crippen LogP contribution in [0.4, 0.5) is 5.69 Å². The third kappa shape index (κ3) is 2.75. The Morgan fingerprint density at radius 2 is 1.86 bits per heavy atom. The van der Waals surface area contributed by atoms with Crippen LogP contribution in [0.3, 0.4) is 0 Å². The van der Waals surface area contributed by atoms with E-state index >= 15 is 0 Å². The summed E-state index contributed by atoms with van der Waals surface area (Å²) in [6.45, 7) is 0. The maximum Gasteiger partial charge on any atom is 0.269 e. The lowest BCUT2D eigenvalue weighted by atomic mass is 10.2. The van der Waals surface area contributed by atoms with E-state index in [2.05, 4.69) is 0 Å². The van der Waals surface area contributed by atoms with Gasteiger partial charge in [-0.2, -0.15) is 0 Å². The molecule has 14 heavy (non-hydrogen) atoms. The smallest absolute Gasteiger partial charge is 0.269 e. The summed E-state index contributed by atoms with van der Waals surface area (Å²) in [7, 11) is 0. The normalized spacial score (nSPS) is 11.1. The molecule has 0 atom stereocenters. The number of nitro groups is 1. The molecule has 0 aromatic heterocycles. The van der Waals surface area contributed by atoms with Crippen molar-refractivity contribution >= 4 is 11.8 Å². The SMILES string of the molecule is N/C=C/C=C/c1ccc([N+](=O)[O-])cc1. The van der Waals surface area contributed by atoms with E-state index in [1.807, 2.05) is 6.08 Å². The number of allylic oxidation sites excluding steroid dienone is 2. The molecule has 4 nitrogen and oxygen atoms in total. The van der Waals surface area contributed by atoms with E-state index in [9.17, 15) is 10.1 Å². The van der Waals surface area contributed by atoms with Crippen LogP contribution in [0.1, 0.15) is 5.56 Å². The van der Waals surface area contributed by atoms with Gasteiger partial charge in [0.25, 0.3) is 5.69 Å². The average Bonchev–Trinajstić information content (AvgIpc) is 2.19. The predicted molar refractivity (Wildman–Crippen MR) is 55.5 cm³/mol. The second-order valence-electron chi connectivity index (χ2n) is 2.59. The van der Waals surface area contributed by atoms with Crippen LogP contribution in [-0.2, 0) is 0 Å². The third-order valence-corrected chi connectivity index (χ3v) is 1.61. The van der Waals surface area contributed by atoms with Crippen molar-refractivity contribution in [3.05, 3.63) is 58.3 Å². The monoisotopic (exact) mass is 190 g/mol. The topological polar surface area (TPSA) is 69.2 Å². The van der Waals surface area contributed by atoms with Crippen molar-refractivity contribution in [3.63, 3.8) is 0 Å². The van der Waals surface area contributed by atoms with Crippen molar-refractivity contribution < 1.29 is 4.92 Å². The molecule has 0 saturated heterocycles. The molecule has 0 fully saturated rings. The lowest BCUT2D eigenvalue weighted by Gasteiger charge is -1.92. The van der Waals surface area contributed by atoms with E-state index in [-0.39, 0.29) is 5.69 Å². The van der Waals surface area contributed by atoms with Gasteiger partial charge in [-0.1, -0.05) is 12.2 Å². The van der Waals surface area contributed by atoms with Gasteiger partial charge < -0.3 is 5.73 Å². The van der Waals surface area contributed by atoms with Crippen molar-refractivity contribution in [2.75, 3.05) is 0 Å². The Bertz CT molecular complexity index is 366. The number of nitro benzene ring substituents is 1. The molecule has 1 aromatic carbocycles. The molecule has 72 valence electrons. The summed E-state index contributed by atoms with van der Waals surface area (Å²) >= 11 is 0. The first-order valence-electron chi connectivity index (χ1n) is 4.03. The molecule has 0 spiro atoms. The molecule has 0 aliphatic heterocycles. The summed E-state index contributed by atoms with van der Waals surface area (Å²) < 4.78 is 0. The van der Waals surface area contributed by atoms with Gasteiger partial charge in [0.1, 0.15) is 0 Å². The van der Waals surface area contributed by atoms with Gasteiger partial charge >= 0.3 is 0 Å². The van der Waals surface area contributed by atoms with Crippen molar-refractivity contribution in [1.82, 2.24) is 0 Å². The highest BCUT2D eigenvalue weighted by molar-refractivity contribution is 5.53. The van der Waals surface area contributed by atoms with Gasteiger partial charge in [-0.15, -0.1) is 0 Å². The van der Waals surface area contributed by atoms with E-state index < -0.39 is 4.92 Å². The first-order valence-corrected chi connectivity index (χ1v) is 4.03. The quantitative estimate of drug-likeness (QED) is 0.450. The lowest BCUT2D eigenvalue weighted by Crippen LogP contribution is -1.86. The molecule has 0 unspecified atom stereocenters. The molecular weight excluding hydrogens is 180 g/mol. The van der Waals surface area contributed by atoms with E-state index in [0.29, 0.717) is 0 Å². The number of nitrogens with two attached hydrogens (primary N) is 1. The molecule has 1 aromatic rings. The summed E-state index contributed by atoms with van der Waals surface area (Å²) in [5.74, 6) is 0. The van der Waals surface area contributed by atoms with E-state index in [0.717, 1.165) is 5.56 Å². The zero-order valence-electron chi connectivity index (χ0n) is 7.46. The van der Waals surface area contributed by atoms with E-state index in [1.165, 1.54) is 18.3 Å². The van der Waals surface area contributed by atoms with Gasteiger partial charge in [0.15, 0.2) is 0 Å². The van der Waals surface area contributed by atoms with Crippen LogP contribution < -0.4 is 5.73 Å². The maximum absolute atomic E-state index is 10.3. The van der Waals surface area contributed by atoms with E-state index in [1.54, 1.807) is 24.3 Å². The van der Waals surface area contributed by atoms with Gasteiger partial charge in [-0.3, -0.25) is 10.1 Å². The number of hydrogen-bond donors (Lipinski definition) is 1. The summed E-state index contributed by atoms with van der Waals surface area (Å²) in [4.78, 5) is 9.91. The van der Waals surface area contributed by atoms with Crippen LogP contribution in [0.15, 0.2) is 42.6 Å². The first-order chi connectivity index (χ1) is 6.74. The third-order valence-electron chi connectivity index (χ3n) is 1.61. The highest BCUT2D eigenvalue weighted by Gasteiger charge is 2.01. The van der Waals surface area contributed by atoms with Crippen LogP contribution in [-0.4, -0.2) is 4.92 Å². The fourth-order valence-electron chi connectivity index (χ4n) is 0.938.